The quantitative estimate of drug-likeness (QED) is 0.177. The second kappa shape index (κ2) is 11.4. The molecule has 2 aromatic carbocycles. The first-order valence-corrected chi connectivity index (χ1v) is 12.4. The molecule has 0 unspecified atom stereocenters. The molecular weight excluding hydrogens is 442 g/mol. The number of ether oxygens (including phenoxy) is 1. The van der Waals surface area contributed by atoms with Gasteiger partial charge >= 0.3 is 0 Å². The molecule has 0 bridgehead atoms. The van der Waals surface area contributed by atoms with Gasteiger partial charge in [-0.2, -0.15) is 0 Å². The van der Waals surface area contributed by atoms with Crippen LogP contribution in [0.15, 0.2) is 36.4 Å². The number of hydrogen-bond donors (Lipinski definition) is 4. The van der Waals surface area contributed by atoms with Crippen LogP contribution in [0.4, 0.5) is 5.82 Å². The van der Waals surface area contributed by atoms with Gasteiger partial charge < -0.3 is 31.0 Å². The molecule has 2 aromatic heterocycles. The highest BCUT2D eigenvalue weighted by molar-refractivity contribution is 6.06. The van der Waals surface area contributed by atoms with Crippen molar-refractivity contribution in [1.29, 1.82) is 0 Å². The molecule has 6 N–H and O–H groups in total. The Morgan fingerprint density at radius 3 is 2.63 bits per heavy atom. The summed E-state index contributed by atoms with van der Waals surface area (Å²) >= 11 is 0. The van der Waals surface area contributed by atoms with Crippen molar-refractivity contribution in [3.05, 3.63) is 53.3 Å². The van der Waals surface area contributed by atoms with Crippen LogP contribution in [0.1, 0.15) is 49.6 Å². The summed E-state index contributed by atoms with van der Waals surface area (Å²) in [5.74, 6) is 1.04. The lowest BCUT2D eigenvalue weighted by atomic mass is 10.1. The molecule has 8 nitrogen and oxygen atoms in total. The molecule has 4 aromatic rings. The van der Waals surface area contributed by atoms with Crippen LogP contribution in [-0.2, 0) is 24.1 Å². The molecule has 35 heavy (non-hydrogen) atoms. The van der Waals surface area contributed by atoms with Crippen LogP contribution in [0.5, 0.6) is 11.5 Å². The fourth-order valence-corrected chi connectivity index (χ4v) is 4.40. The third-order valence-electron chi connectivity index (χ3n) is 6.28. The summed E-state index contributed by atoms with van der Waals surface area (Å²) in [7, 11) is 0. The number of benzene rings is 2. The second-order valence-corrected chi connectivity index (χ2v) is 8.91. The zero-order valence-corrected chi connectivity index (χ0v) is 20.3. The maximum Gasteiger partial charge on any atom is 0.162 e. The number of pyridine rings is 1. The number of imidazole rings is 1. The number of rotatable bonds is 12. The Morgan fingerprint density at radius 2 is 1.83 bits per heavy atom. The van der Waals surface area contributed by atoms with Gasteiger partial charge in [-0.1, -0.05) is 37.6 Å². The number of aromatic nitrogens is 3. The van der Waals surface area contributed by atoms with Gasteiger partial charge in [-0.05, 0) is 49.9 Å². The third-order valence-corrected chi connectivity index (χ3v) is 6.28. The van der Waals surface area contributed by atoms with Gasteiger partial charge in [-0.3, -0.25) is 0 Å². The predicted molar refractivity (Wildman–Crippen MR) is 140 cm³/mol. The van der Waals surface area contributed by atoms with E-state index in [9.17, 15) is 10.2 Å². The molecular formula is C27H35N5O3. The molecule has 0 atom stereocenters. The van der Waals surface area contributed by atoms with Crippen LogP contribution in [0, 0.1) is 0 Å². The lowest BCUT2D eigenvalue weighted by Gasteiger charge is -2.13. The Bertz CT molecular complexity index is 1300. The molecule has 0 saturated carbocycles. The molecule has 0 radical (unpaired) electrons. The molecule has 0 spiro atoms. The van der Waals surface area contributed by atoms with Gasteiger partial charge in [-0.25, -0.2) is 9.97 Å². The Kier molecular flexibility index (Phi) is 8.05. The second-order valence-electron chi connectivity index (χ2n) is 8.91. The summed E-state index contributed by atoms with van der Waals surface area (Å²) in [6.45, 7) is 4.56. The standard InChI is InChI=1S/C27H35N5O3/c1-2-3-10-23-31-24-25(32(23)17-19-8-4-9-22(33)26(19)34)20-12-11-18(16-21(20)30-27(24)29)7-5-14-35-15-6-13-28/h4,8-9,11-12,16,33-34H,2-3,5-7,10,13-15,17,28H2,1H3,(H2,29,30). The number of phenols is 2. The van der Waals surface area contributed by atoms with Gasteiger partial charge in [0.25, 0.3) is 0 Å². The van der Waals surface area contributed by atoms with Crippen molar-refractivity contribution >= 4 is 27.8 Å². The SMILES string of the molecule is CCCCc1nc2c(N)nc3cc(CCCOCCCN)ccc3c2n1Cc1cccc(O)c1O. The van der Waals surface area contributed by atoms with Gasteiger partial charge in [0.15, 0.2) is 17.3 Å². The van der Waals surface area contributed by atoms with E-state index in [2.05, 4.69) is 34.7 Å². The number of anilines is 1. The maximum absolute atomic E-state index is 10.5. The van der Waals surface area contributed by atoms with E-state index in [4.69, 9.17) is 21.2 Å². The molecule has 0 amide bonds. The number of hydrogen-bond acceptors (Lipinski definition) is 7. The van der Waals surface area contributed by atoms with Crippen LogP contribution in [0.3, 0.4) is 0 Å². The van der Waals surface area contributed by atoms with E-state index in [1.165, 1.54) is 11.6 Å². The number of nitrogens with zero attached hydrogens (tertiary/aromatic N) is 3. The molecule has 2 heterocycles. The lowest BCUT2D eigenvalue weighted by molar-refractivity contribution is 0.131. The van der Waals surface area contributed by atoms with E-state index < -0.39 is 0 Å². The van der Waals surface area contributed by atoms with Gasteiger partial charge in [-0.15, -0.1) is 0 Å². The number of aryl methyl sites for hydroxylation is 2. The van der Waals surface area contributed by atoms with Crippen molar-refractivity contribution in [2.45, 2.75) is 52.0 Å². The fraction of sp³-hybridized carbons (Fsp3) is 0.407. The highest BCUT2D eigenvalue weighted by atomic mass is 16.5. The Morgan fingerprint density at radius 1 is 1.00 bits per heavy atom. The highest BCUT2D eigenvalue weighted by Crippen LogP contribution is 2.34. The smallest absolute Gasteiger partial charge is 0.162 e. The first-order valence-electron chi connectivity index (χ1n) is 12.4. The van der Waals surface area contributed by atoms with Crippen LogP contribution in [0.25, 0.3) is 21.9 Å². The number of para-hydroxylation sites is 1. The first kappa shape index (κ1) is 24.8. The van der Waals surface area contributed by atoms with Crippen LogP contribution < -0.4 is 11.5 Å². The lowest BCUT2D eigenvalue weighted by Crippen LogP contribution is -2.06. The van der Waals surface area contributed by atoms with E-state index >= 15 is 0 Å². The first-order chi connectivity index (χ1) is 17.0. The average molecular weight is 478 g/mol. The highest BCUT2D eigenvalue weighted by Gasteiger charge is 2.19. The van der Waals surface area contributed by atoms with E-state index in [1.54, 1.807) is 6.07 Å². The fourth-order valence-electron chi connectivity index (χ4n) is 4.40. The van der Waals surface area contributed by atoms with Gasteiger partial charge in [0.2, 0.25) is 0 Å². The van der Waals surface area contributed by atoms with Crippen LogP contribution >= 0.6 is 0 Å². The number of fused-ring (bicyclic) bond motifs is 3. The Hall–Kier alpha value is -3.36. The van der Waals surface area contributed by atoms with E-state index in [0.717, 1.165) is 60.8 Å². The van der Waals surface area contributed by atoms with Crippen LogP contribution in [0.2, 0.25) is 0 Å². The summed E-state index contributed by atoms with van der Waals surface area (Å²) in [6, 6.07) is 11.3. The van der Waals surface area contributed by atoms with E-state index in [-0.39, 0.29) is 11.5 Å². The molecule has 0 aliphatic carbocycles. The summed E-state index contributed by atoms with van der Waals surface area (Å²) in [6.07, 6.45) is 5.49. The topological polar surface area (TPSA) is 132 Å². The van der Waals surface area contributed by atoms with Crippen molar-refractivity contribution in [3.63, 3.8) is 0 Å². The van der Waals surface area contributed by atoms with Gasteiger partial charge in [0.1, 0.15) is 11.3 Å². The minimum Gasteiger partial charge on any atom is -0.504 e. The largest absolute Gasteiger partial charge is 0.504 e. The zero-order chi connectivity index (χ0) is 24.8. The van der Waals surface area contributed by atoms with Crippen molar-refractivity contribution in [3.8, 4) is 11.5 Å². The minimum atomic E-state index is -0.135. The summed E-state index contributed by atoms with van der Waals surface area (Å²) in [5.41, 5.74) is 16.1. The average Bonchev–Trinajstić information content (AvgIpc) is 3.21. The molecule has 4 rings (SSSR count). The molecule has 0 aliphatic heterocycles. The molecule has 8 heteroatoms. The van der Waals surface area contributed by atoms with Gasteiger partial charge in [0.05, 0.1) is 17.6 Å². The predicted octanol–water partition coefficient (Wildman–Crippen LogP) is 4.27. The molecule has 0 fully saturated rings. The summed E-state index contributed by atoms with van der Waals surface area (Å²) in [4.78, 5) is 9.54. The normalized spacial score (nSPS) is 11.6. The zero-order valence-electron chi connectivity index (χ0n) is 20.3. The molecule has 186 valence electrons. The molecule has 0 saturated heterocycles. The van der Waals surface area contributed by atoms with Crippen molar-refractivity contribution < 1.29 is 14.9 Å². The Labute approximate surface area is 205 Å². The minimum absolute atomic E-state index is 0.113. The number of unbranched alkanes of at least 4 members (excludes halogenated alkanes) is 1. The summed E-state index contributed by atoms with van der Waals surface area (Å²) < 4.78 is 7.72. The Balaban J connectivity index is 1.72. The van der Waals surface area contributed by atoms with E-state index in [1.807, 2.05) is 6.07 Å². The summed E-state index contributed by atoms with van der Waals surface area (Å²) in [5, 5.41) is 21.4. The van der Waals surface area contributed by atoms with Crippen molar-refractivity contribution in [2.75, 3.05) is 25.5 Å². The monoisotopic (exact) mass is 477 g/mol. The number of nitrogens with two attached hydrogens (primary N) is 2. The van der Waals surface area contributed by atoms with E-state index in [0.29, 0.717) is 43.2 Å². The third kappa shape index (κ3) is 5.49. The number of phenolic OH excluding ortho intramolecular Hbond substituents is 2. The van der Waals surface area contributed by atoms with Crippen LogP contribution in [-0.4, -0.2) is 44.5 Å². The van der Waals surface area contributed by atoms with Crippen molar-refractivity contribution in [2.24, 2.45) is 5.73 Å². The number of nitrogen functional groups attached to an aromatic ring is 1. The molecule has 0 aliphatic rings. The maximum atomic E-state index is 10.5. The number of aromatic hydroxyl groups is 2. The van der Waals surface area contributed by atoms with Crippen molar-refractivity contribution in [1.82, 2.24) is 14.5 Å². The van der Waals surface area contributed by atoms with Gasteiger partial charge in [0, 0.05) is 30.6 Å².